The van der Waals surface area contributed by atoms with Gasteiger partial charge in [-0.3, -0.25) is 0 Å². The highest BCUT2D eigenvalue weighted by Crippen LogP contribution is 2.08. The van der Waals surface area contributed by atoms with Gasteiger partial charge in [-0.25, -0.2) is 4.99 Å². The van der Waals surface area contributed by atoms with Crippen molar-refractivity contribution in [1.29, 1.82) is 0 Å². The fraction of sp³-hybridized carbons (Fsp3) is 0.0714. The number of hydrogen-bond acceptors (Lipinski definition) is 3. The number of rotatable bonds is 4. The Labute approximate surface area is 99.9 Å². The summed E-state index contributed by atoms with van der Waals surface area (Å²) in [5.41, 5.74) is 2.75. The van der Waals surface area contributed by atoms with Gasteiger partial charge in [0.2, 0.25) is 0 Å². The molecule has 3 nitrogen and oxygen atoms in total. The molecule has 0 spiro atoms. The minimum Gasteiger partial charge on any atom is -0.223 e. The summed E-state index contributed by atoms with van der Waals surface area (Å²) in [6.07, 6.45) is 0.616. The van der Waals surface area contributed by atoms with Crippen LogP contribution in [0, 0.1) is 0 Å². The number of benzene rings is 2. The largest absolute Gasteiger partial charge is 0.223 e. The molecule has 17 heavy (non-hydrogen) atoms. The second-order valence-electron chi connectivity index (χ2n) is 3.65. The summed E-state index contributed by atoms with van der Waals surface area (Å²) in [6, 6.07) is 19.6. The lowest BCUT2D eigenvalue weighted by atomic mass is 10.0. The lowest BCUT2D eigenvalue weighted by Crippen LogP contribution is -2.05. The molecule has 3 heteroatoms. The van der Waals surface area contributed by atoms with Crippen molar-refractivity contribution in [2.45, 2.75) is 6.42 Å². The minimum absolute atomic E-state index is 0.616. The van der Waals surface area contributed by atoms with Crippen LogP contribution in [0.15, 0.2) is 65.8 Å². The summed E-state index contributed by atoms with van der Waals surface area (Å²) < 4.78 is 0. The van der Waals surface area contributed by atoms with Gasteiger partial charge < -0.3 is 0 Å². The van der Waals surface area contributed by atoms with E-state index in [2.05, 4.69) is 10.1 Å². The zero-order chi connectivity index (χ0) is 11.9. The predicted molar refractivity (Wildman–Crippen MR) is 66.8 cm³/mol. The van der Waals surface area contributed by atoms with E-state index in [4.69, 9.17) is 5.26 Å². The summed E-state index contributed by atoms with van der Waals surface area (Å²) in [7, 11) is 0. The topological polar surface area (TPSA) is 41.8 Å². The van der Waals surface area contributed by atoms with Crippen molar-refractivity contribution < 1.29 is 10.2 Å². The molecule has 2 aromatic carbocycles. The molecule has 2 aromatic rings. The molecule has 0 heterocycles. The van der Waals surface area contributed by atoms with Crippen molar-refractivity contribution >= 4 is 5.71 Å². The van der Waals surface area contributed by atoms with Crippen LogP contribution in [0.3, 0.4) is 0 Å². The van der Waals surface area contributed by atoms with Gasteiger partial charge in [0.25, 0.3) is 0 Å². The Morgan fingerprint density at radius 1 is 0.941 bits per heavy atom. The maximum absolute atomic E-state index is 8.49. The first-order valence-corrected chi connectivity index (χ1v) is 5.37. The van der Waals surface area contributed by atoms with Crippen molar-refractivity contribution in [2.24, 2.45) is 5.16 Å². The van der Waals surface area contributed by atoms with Crippen LogP contribution in [0.5, 0.6) is 0 Å². The average molecular weight is 227 g/mol. The van der Waals surface area contributed by atoms with E-state index in [1.165, 1.54) is 0 Å². The van der Waals surface area contributed by atoms with Crippen LogP contribution in [0.1, 0.15) is 11.1 Å². The molecule has 0 saturated carbocycles. The predicted octanol–water partition coefficient (Wildman–Crippen LogP) is 3.12. The van der Waals surface area contributed by atoms with Crippen LogP contribution < -0.4 is 0 Å². The highest BCUT2D eigenvalue weighted by Gasteiger charge is 2.05. The normalized spacial score (nSPS) is 11.2. The molecule has 2 rings (SSSR count). The lowest BCUT2D eigenvalue weighted by molar-refractivity contribution is -0.243. The highest BCUT2D eigenvalue weighted by atomic mass is 17.2. The molecule has 0 amide bonds. The molecule has 1 N–H and O–H groups in total. The second kappa shape index (κ2) is 5.82. The van der Waals surface area contributed by atoms with Crippen molar-refractivity contribution in [3.63, 3.8) is 0 Å². The van der Waals surface area contributed by atoms with Crippen LogP contribution in [-0.4, -0.2) is 11.0 Å². The van der Waals surface area contributed by atoms with Crippen molar-refractivity contribution in [3.05, 3.63) is 71.8 Å². The van der Waals surface area contributed by atoms with Gasteiger partial charge in [0.15, 0.2) is 0 Å². The summed E-state index contributed by atoms with van der Waals surface area (Å²) in [5.74, 6) is 0. The first-order valence-electron chi connectivity index (χ1n) is 5.37. The van der Waals surface area contributed by atoms with Gasteiger partial charge >= 0.3 is 0 Å². The molecule has 0 fully saturated rings. The summed E-state index contributed by atoms with van der Waals surface area (Å²) >= 11 is 0. The van der Waals surface area contributed by atoms with Gasteiger partial charge in [0, 0.05) is 6.42 Å². The molecule has 86 valence electrons. The fourth-order valence-electron chi connectivity index (χ4n) is 1.66. The maximum atomic E-state index is 8.49. The van der Waals surface area contributed by atoms with Crippen LogP contribution in [0.25, 0.3) is 0 Å². The van der Waals surface area contributed by atoms with Gasteiger partial charge in [-0.2, -0.15) is 5.26 Å². The van der Waals surface area contributed by atoms with Gasteiger partial charge in [-0.15, -0.1) is 0 Å². The van der Waals surface area contributed by atoms with Gasteiger partial charge in [0.05, 0.1) is 5.71 Å². The Bertz CT molecular complexity index is 480. The fourth-order valence-corrected chi connectivity index (χ4v) is 1.66. The van der Waals surface area contributed by atoms with Gasteiger partial charge in [-0.05, 0) is 16.3 Å². The molecular weight excluding hydrogens is 214 g/mol. The van der Waals surface area contributed by atoms with Crippen LogP contribution in [-0.2, 0) is 11.4 Å². The molecule has 0 aliphatic heterocycles. The van der Waals surface area contributed by atoms with E-state index < -0.39 is 0 Å². The number of nitrogens with zero attached hydrogens (tertiary/aromatic N) is 1. The standard InChI is InChI=1S/C14H13NO2/c16-17-15-14(13-9-5-2-6-10-13)11-12-7-3-1-4-8-12/h1-10,16H,11H2. The first-order chi connectivity index (χ1) is 8.40. The van der Waals surface area contributed by atoms with Crippen LogP contribution in [0.4, 0.5) is 0 Å². The Morgan fingerprint density at radius 2 is 1.53 bits per heavy atom. The molecule has 0 radical (unpaired) electrons. The van der Waals surface area contributed by atoms with Gasteiger partial charge in [-0.1, -0.05) is 60.7 Å². The smallest absolute Gasteiger partial charge is 0.0952 e. The molecule has 0 aromatic heterocycles. The summed E-state index contributed by atoms with van der Waals surface area (Å²) in [4.78, 5) is 3.92. The monoisotopic (exact) mass is 227 g/mol. The average Bonchev–Trinajstić information content (AvgIpc) is 2.40. The van der Waals surface area contributed by atoms with Crippen LogP contribution >= 0.6 is 0 Å². The molecule has 0 atom stereocenters. The van der Waals surface area contributed by atoms with E-state index >= 15 is 0 Å². The van der Waals surface area contributed by atoms with Crippen molar-refractivity contribution in [1.82, 2.24) is 0 Å². The Morgan fingerprint density at radius 3 is 2.12 bits per heavy atom. The van der Waals surface area contributed by atoms with E-state index in [0.29, 0.717) is 12.1 Å². The third-order valence-electron chi connectivity index (χ3n) is 2.47. The van der Waals surface area contributed by atoms with Crippen molar-refractivity contribution in [2.75, 3.05) is 0 Å². The second-order valence-corrected chi connectivity index (χ2v) is 3.65. The summed E-state index contributed by atoms with van der Waals surface area (Å²) in [6.45, 7) is 0. The molecule has 0 unspecified atom stereocenters. The number of oxime groups is 1. The third kappa shape index (κ3) is 3.16. The Kier molecular flexibility index (Phi) is 3.89. The van der Waals surface area contributed by atoms with Crippen LogP contribution in [0.2, 0.25) is 0 Å². The van der Waals surface area contributed by atoms with Crippen molar-refractivity contribution in [3.8, 4) is 0 Å². The molecular formula is C14H13NO2. The molecule has 0 aliphatic rings. The minimum atomic E-state index is 0.616. The lowest BCUT2D eigenvalue weighted by Gasteiger charge is -2.05. The van der Waals surface area contributed by atoms with E-state index in [-0.39, 0.29) is 0 Å². The maximum Gasteiger partial charge on any atom is 0.0952 e. The molecule has 0 saturated heterocycles. The summed E-state index contributed by atoms with van der Waals surface area (Å²) in [5, 5.41) is 12.2. The van der Waals surface area contributed by atoms with E-state index in [0.717, 1.165) is 11.1 Å². The van der Waals surface area contributed by atoms with E-state index in [1.54, 1.807) is 0 Å². The molecule has 0 aliphatic carbocycles. The van der Waals surface area contributed by atoms with Gasteiger partial charge in [0.1, 0.15) is 0 Å². The number of hydrogen-bond donors (Lipinski definition) is 1. The third-order valence-corrected chi connectivity index (χ3v) is 2.47. The van der Waals surface area contributed by atoms with E-state index in [1.807, 2.05) is 60.7 Å². The zero-order valence-corrected chi connectivity index (χ0v) is 9.28. The Hall–Kier alpha value is -2.13. The highest BCUT2D eigenvalue weighted by molar-refractivity contribution is 6.01. The van der Waals surface area contributed by atoms with E-state index in [9.17, 15) is 0 Å². The molecule has 0 bridgehead atoms. The SMILES string of the molecule is OON=C(Cc1ccccc1)c1ccccc1. The first kappa shape index (κ1) is 11.4. The Balaban J connectivity index is 2.23. The zero-order valence-electron chi connectivity index (χ0n) is 9.28. The quantitative estimate of drug-likeness (QED) is 0.495.